The van der Waals surface area contributed by atoms with Gasteiger partial charge in [0, 0.05) is 6.54 Å². The monoisotopic (exact) mass is 410 g/mol. The van der Waals surface area contributed by atoms with Crippen LogP contribution in [0.15, 0.2) is 53.7 Å². The Bertz CT molecular complexity index is 1010. The molecule has 1 aromatic heterocycles. The number of amides is 3. The number of tetrazole rings is 1. The summed E-state index contributed by atoms with van der Waals surface area (Å²) in [7, 11) is 0. The SMILES string of the molecule is Cc1ccc(-n2nnnc2SC(C)C(=O)NC(=O)NCc2ccccc2)cc1C. The lowest BCUT2D eigenvalue weighted by Gasteiger charge is -2.12. The van der Waals surface area contributed by atoms with Crippen LogP contribution < -0.4 is 10.6 Å². The number of nitrogens with one attached hydrogen (secondary N) is 2. The first-order valence-electron chi connectivity index (χ1n) is 9.09. The van der Waals surface area contributed by atoms with Gasteiger partial charge in [-0.05, 0) is 60.0 Å². The van der Waals surface area contributed by atoms with Gasteiger partial charge in [0.2, 0.25) is 11.1 Å². The number of urea groups is 1. The van der Waals surface area contributed by atoms with Crippen LogP contribution in [0.25, 0.3) is 5.69 Å². The zero-order valence-corrected chi connectivity index (χ0v) is 17.2. The normalized spacial score (nSPS) is 11.7. The van der Waals surface area contributed by atoms with E-state index in [9.17, 15) is 9.59 Å². The highest BCUT2D eigenvalue weighted by molar-refractivity contribution is 8.00. The first-order chi connectivity index (χ1) is 13.9. The summed E-state index contributed by atoms with van der Waals surface area (Å²) in [6.45, 7) is 6.08. The molecule has 0 saturated heterocycles. The molecular formula is C20H22N6O2S. The van der Waals surface area contributed by atoms with Crippen molar-refractivity contribution in [1.29, 1.82) is 0 Å². The summed E-state index contributed by atoms with van der Waals surface area (Å²) in [5, 5.41) is 16.7. The summed E-state index contributed by atoms with van der Waals surface area (Å²) in [5.41, 5.74) is 4.05. The topological polar surface area (TPSA) is 102 Å². The maximum atomic E-state index is 12.4. The van der Waals surface area contributed by atoms with E-state index in [0.29, 0.717) is 11.7 Å². The maximum absolute atomic E-state index is 12.4. The molecule has 0 radical (unpaired) electrons. The highest BCUT2D eigenvalue weighted by Crippen LogP contribution is 2.23. The highest BCUT2D eigenvalue weighted by Gasteiger charge is 2.21. The summed E-state index contributed by atoms with van der Waals surface area (Å²) in [6.07, 6.45) is 0. The number of benzene rings is 2. The Hall–Kier alpha value is -3.20. The van der Waals surface area contributed by atoms with E-state index in [1.165, 1.54) is 17.3 Å². The molecule has 0 spiro atoms. The van der Waals surface area contributed by atoms with Crippen molar-refractivity contribution in [3.8, 4) is 5.69 Å². The molecule has 0 saturated carbocycles. The average molecular weight is 411 g/mol. The zero-order valence-electron chi connectivity index (χ0n) is 16.4. The molecule has 1 unspecified atom stereocenters. The number of aryl methyl sites for hydroxylation is 2. The van der Waals surface area contributed by atoms with Gasteiger partial charge in [0.05, 0.1) is 10.9 Å². The number of thioether (sulfide) groups is 1. The van der Waals surface area contributed by atoms with Crippen LogP contribution in [0, 0.1) is 13.8 Å². The van der Waals surface area contributed by atoms with Crippen LogP contribution in [-0.2, 0) is 11.3 Å². The molecule has 0 fully saturated rings. The summed E-state index contributed by atoms with van der Waals surface area (Å²) >= 11 is 1.18. The van der Waals surface area contributed by atoms with Crippen molar-refractivity contribution < 1.29 is 9.59 Å². The van der Waals surface area contributed by atoms with Crippen LogP contribution in [0.3, 0.4) is 0 Å². The van der Waals surface area contributed by atoms with Gasteiger partial charge >= 0.3 is 6.03 Å². The van der Waals surface area contributed by atoms with Crippen molar-refractivity contribution >= 4 is 23.7 Å². The molecule has 1 atom stereocenters. The quantitative estimate of drug-likeness (QED) is 0.606. The molecule has 8 nitrogen and oxygen atoms in total. The molecule has 9 heteroatoms. The Morgan fingerprint density at radius 2 is 1.86 bits per heavy atom. The molecule has 0 aliphatic carbocycles. The molecular weight excluding hydrogens is 388 g/mol. The fourth-order valence-corrected chi connectivity index (χ4v) is 3.33. The van der Waals surface area contributed by atoms with E-state index in [1.807, 2.05) is 62.4 Å². The number of hydrogen-bond donors (Lipinski definition) is 2. The molecule has 29 heavy (non-hydrogen) atoms. The third-order valence-corrected chi connectivity index (χ3v) is 5.39. The van der Waals surface area contributed by atoms with Crippen molar-refractivity contribution in [1.82, 2.24) is 30.8 Å². The van der Waals surface area contributed by atoms with Crippen LogP contribution in [0.2, 0.25) is 0 Å². The number of hydrogen-bond acceptors (Lipinski definition) is 6. The van der Waals surface area contributed by atoms with E-state index in [4.69, 9.17) is 0 Å². The zero-order chi connectivity index (χ0) is 20.8. The lowest BCUT2D eigenvalue weighted by atomic mass is 10.1. The number of imide groups is 1. The first-order valence-corrected chi connectivity index (χ1v) is 9.97. The predicted octanol–water partition coefficient (Wildman–Crippen LogP) is 2.79. The minimum absolute atomic E-state index is 0.340. The molecule has 0 bridgehead atoms. The number of carbonyl (C=O) groups is 2. The molecule has 3 aromatic rings. The Balaban J connectivity index is 1.58. The van der Waals surface area contributed by atoms with Crippen molar-refractivity contribution in [3.63, 3.8) is 0 Å². The van der Waals surface area contributed by atoms with Gasteiger partial charge in [-0.3, -0.25) is 10.1 Å². The minimum atomic E-state index is -0.561. The van der Waals surface area contributed by atoms with Crippen molar-refractivity contribution in [2.75, 3.05) is 0 Å². The fourth-order valence-electron chi connectivity index (χ4n) is 2.52. The summed E-state index contributed by atoms with van der Waals surface area (Å²) < 4.78 is 1.58. The minimum Gasteiger partial charge on any atom is -0.334 e. The molecule has 2 N–H and O–H groups in total. The van der Waals surface area contributed by atoms with E-state index in [1.54, 1.807) is 11.6 Å². The largest absolute Gasteiger partial charge is 0.334 e. The van der Waals surface area contributed by atoms with Gasteiger partial charge in [-0.2, -0.15) is 4.68 Å². The second-order valence-electron chi connectivity index (χ2n) is 6.56. The van der Waals surface area contributed by atoms with Crippen LogP contribution in [0.4, 0.5) is 4.79 Å². The van der Waals surface area contributed by atoms with Gasteiger partial charge in [-0.1, -0.05) is 48.2 Å². The average Bonchev–Trinajstić information content (AvgIpc) is 3.17. The van der Waals surface area contributed by atoms with Crippen molar-refractivity contribution in [3.05, 3.63) is 65.2 Å². The highest BCUT2D eigenvalue weighted by atomic mass is 32.2. The van der Waals surface area contributed by atoms with Crippen LogP contribution in [0.1, 0.15) is 23.6 Å². The van der Waals surface area contributed by atoms with E-state index >= 15 is 0 Å². The smallest absolute Gasteiger partial charge is 0.321 e. The standard InChI is InChI=1S/C20H22N6O2S/c1-13-9-10-17(11-14(13)2)26-20(23-24-25-26)29-15(3)18(27)22-19(28)21-12-16-7-5-4-6-8-16/h4-11,15H,12H2,1-3H3,(H2,21,22,27,28). The van der Waals surface area contributed by atoms with Gasteiger partial charge in [0.25, 0.3) is 0 Å². The predicted molar refractivity (Wildman–Crippen MR) is 111 cm³/mol. The lowest BCUT2D eigenvalue weighted by molar-refractivity contribution is -0.119. The van der Waals surface area contributed by atoms with Gasteiger partial charge in [0.1, 0.15) is 0 Å². The number of nitrogens with zero attached hydrogens (tertiary/aromatic N) is 4. The summed E-state index contributed by atoms with van der Waals surface area (Å²) in [6, 6.07) is 14.8. The molecule has 150 valence electrons. The Morgan fingerprint density at radius 1 is 1.10 bits per heavy atom. The van der Waals surface area contributed by atoms with E-state index in [2.05, 4.69) is 26.2 Å². The van der Waals surface area contributed by atoms with Crippen LogP contribution in [0.5, 0.6) is 0 Å². The Morgan fingerprint density at radius 3 is 2.59 bits per heavy atom. The maximum Gasteiger partial charge on any atom is 0.321 e. The number of aromatic nitrogens is 4. The summed E-state index contributed by atoms with van der Waals surface area (Å²) in [4.78, 5) is 24.4. The van der Waals surface area contributed by atoms with Gasteiger partial charge in [-0.15, -0.1) is 5.10 Å². The fraction of sp³-hybridized carbons (Fsp3) is 0.250. The van der Waals surface area contributed by atoms with Crippen molar-refractivity contribution in [2.24, 2.45) is 0 Å². The number of rotatable bonds is 6. The Labute approximate surface area is 173 Å². The first kappa shape index (κ1) is 20.5. The second-order valence-corrected chi connectivity index (χ2v) is 7.87. The molecule has 3 rings (SSSR count). The van der Waals surface area contributed by atoms with Gasteiger partial charge < -0.3 is 5.32 Å². The van der Waals surface area contributed by atoms with Gasteiger partial charge in [-0.25, -0.2) is 4.79 Å². The van der Waals surface area contributed by atoms with Gasteiger partial charge in [0.15, 0.2) is 0 Å². The third kappa shape index (κ3) is 5.41. The molecule has 2 aromatic carbocycles. The molecule has 3 amide bonds. The van der Waals surface area contributed by atoms with E-state index < -0.39 is 17.2 Å². The van der Waals surface area contributed by atoms with Crippen LogP contribution >= 0.6 is 11.8 Å². The summed E-state index contributed by atoms with van der Waals surface area (Å²) in [5.74, 6) is -0.421. The third-order valence-electron chi connectivity index (χ3n) is 4.36. The molecule has 0 aliphatic heterocycles. The van der Waals surface area contributed by atoms with Crippen LogP contribution in [-0.4, -0.2) is 37.4 Å². The van der Waals surface area contributed by atoms with E-state index in [-0.39, 0.29) is 0 Å². The number of carbonyl (C=O) groups excluding carboxylic acids is 2. The van der Waals surface area contributed by atoms with E-state index in [0.717, 1.165) is 16.8 Å². The lowest BCUT2D eigenvalue weighted by Crippen LogP contribution is -2.42. The molecule has 0 aliphatic rings. The Kier molecular flexibility index (Phi) is 6.61. The second kappa shape index (κ2) is 9.33. The van der Waals surface area contributed by atoms with Crippen molar-refractivity contribution in [2.45, 2.75) is 37.7 Å². The molecule has 1 heterocycles.